The number of aryl methyl sites for hydroxylation is 1. The van der Waals surface area contributed by atoms with Gasteiger partial charge in [0.05, 0.1) is 15.3 Å². The van der Waals surface area contributed by atoms with E-state index in [-0.39, 0.29) is 22.4 Å². The van der Waals surface area contributed by atoms with Crippen LogP contribution in [0.4, 0.5) is 5.95 Å². The van der Waals surface area contributed by atoms with E-state index in [4.69, 9.17) is 0 Å². The summed E-state index contributed by atoms with van der Waals surface area (Å²) in [5, 5.41) is 6.91. The molecule has 5 rings (SSSR count). The number of benzene rings is 1. The number of nitrogens with one attached hydrogen (secondary N) is 2. The first-order valence-corrected chi connectivity index (χ1v) is 14.1. The minimum atomic E-state index is -3.96. The fraction of sp³-hybridized carbons (Fsp3) is 0.0400. The van der Waals surface area contributed by atoms with Gasteiger partial charge in [0.25, 0.3) is 21.8 Å². The van der Waals surface area contributed by atoms with Gasteiger partial charge in [-0.25, -0.2) is 23.1 Å². The second kappa shape index (κ2) is 10.1. The summed E-state index contributed by atoms with van der Waals surface area (Å²) < 4.78 is 29.5. The lowest BCUT2D eigenvalue weighted by atomic mass is 10.2. The molecule has 0 bridgehead atoms. The van der Waals surface area contributed by atoms with Crippen LogP contribution in [-0.4, -0.2) is 34.8 Å². The Hall–Kier alpha value is -4.13. The van der Waals surface area contributed by atoms with E-state index in [2.05, 4.69) is 20.0 Å². The molecule has 0 aliphatic rings. The number of rotatable bonds is 7. The Labute approximate surface area is 220 Å². The molecule has 186 valence electrons. The average Bonchev–Trinajstić information content (AvgIpc) is 3.65. The molecule has 0 aliphatic carbocycles. The molecule has 12 heteroatoms. The van der Waals surface area contributed by atoms with Gasteiger partial charge in [0.2, 0.25) is 5.95 Å². The first kappa shape index (κ1) is 24.6. The molecule has 2 N–H and O–H groups in total. The van der Waals surface area contributed by atoms with Crippen molar-refractivity contribution in [1.82, 2.24) is 19.9 Å². The van der Waals surface area contributed by atoms with Crippen LogP contribution in [0.3, 0.4) is 0 Å². The van der Waals surface area contributed by atoms with E-state index in [0.717, 1.165) is 4.88 Å². The number of hydrogen-bond donors (Lipinski definition) is 2. The number of allylic oxidation sites excluding steroid dienone is 1. The minimum Gasteiger partial charge on any atom is -0.317 e. The normalized spacial score (nSPS) is 12.0. The molecule has 4 aromatic heterocycles. The zero-order valence-corrected chi connectivity index (χ0v) is 21.7. The van der Waals surface area contributed by atoms with Gasteiger partial charge >= 0.3 is 0 Å². The number of hydrogen-bond acceptors (Lipinski definition) is 8. The predicted octanol–water partition coefficient (Wildman–Crippen LogP) is 4.77. The number of nitrogens with zero attached hydrogens (tertiary/aromatic N) is 3. The van der Waals surface area contributed by atoms with Crippen molar-refractivity contribution in [3.63, 3.8) is 0 Å². The maximum Gasteiger partial charge on any atom is 0.278 e. The van der Waals surface area contributed by atoms with Crippen LogP contribution in [0.2, 0.25) is 0 Å². The average molecular weight is 550 g/mol. The Balaban J connectivity index is 1.46. The molecular weight excluding hydrogens is 531 g/mol. The van der Waals surface area contributed by atoms with Crippen molar-refractivity contribution in [3.8, 4) is 0 Å². The summed E-state index contributed by atoms with van der Waals surface area (Å²) >= 11 is 2.70. The largest absolute Gasteiger partial charge is 0.317 e. The maximum atomic E-state index is 13.5. The molecule has 0 saturated heterocycles. The van der Waals surface area contributed by atoms with Crippen LogP contribution < -0.4 is 10.0 Å². The van der Waals surface area contributed by atoms with Crippen LogP contribution in [0.25, 0.3) is 17.0 Å². The molecule has 0 unspecified atom stereocenters. The molecule has 1 amide bonds. The van der Waals surface area contributed by atoms with Crippen molar-refractivity contribution < 1.29 is 18.0 Å². The standard InChI is InChI=1S/C25H19N5O4S3/c1-16-8-10-26-25(27-16)29-37(33,34)19-6-7-21-17(14-19)9-11-30(21)24(32)20(15-18-4-2-12-35-18)28-23(31)22-5-3-13-36-22/h2-15H,1H3,(H,28,31)(H,26,27,29). The van der Waals surface area contributed by atoms with E-state index < -0.39 is 15.9 Å². The van der Waals surface area contributed by atoms with Crippen molar-refractivity contribution in [1.29, 1.82) is 0 Å². The van der Waals surface area contributed by atoms with E-state index in [1.807, 2.05) is 17.5 Å². The second-order valence-electron chi connectivity index (χ2n) is 7.84. The van der Waals surface area contributed by atoms with Gasteiger partial charge in [-0.15, -0.1) is 22.7 Å². The monoisotopic (exact) mass is 549 g/mol. The summed E-state index contributed by atoms with van der Waals surface area (Å²) in [6, 6.07) is 14.8. The first-order chi connectivity index (χ1) is 17.8. The third kappa shape index (κ3) is 5.35. The van der Waals surface area contributed by atoms with Gasteiger partial charge in [0.15, 0.2) is 0 Å². The molecule has 0 fully saturated rings. The molecule has 5 aromatic rings. The quantitative estimate of drug-likeness (QED) is 0.282. The van der Waals surface area contributed by atoms with Gasteiger partial charge < -0.3 is 5.32 Å². The zero-order chi connectivity index (χ0) is 26.0. The van der Waals surface area contributed by atoms with Crippen molar-refractivity contribution in [3.05, 3.63) is 98.9 Å². The minimum absolute atomic E-state index is 0.00402. The first-order valence-electron chi connectivity index (χ1n) is 10.9. The third-order valence-electron chi connectivity index (χ3n) is 5.26. The van der Waals surface area contributed by atoms with Crippen molar-refractivity contribution >= 4 is 67.4 Å². The fourth-order valence-electron chi connectivity index (χ4n) is 3.53. The van der Waals surface area contributed by atoms with Gasteiger partial charge in [0.1, 0.15) is 5.70 Å². The lowest BCUT2D eigenvalue weighted by molar-refractivity contribution is 0.0905. The van der Waals surface area contributed by atoms with E-state index in [9.17, 15) is 18.0 Å². The molecule has 1 aromatic carbocycles. The number of amides is 1. The van der Waals surface area contributed by atoms with Crippen LogP contribution in [0.15, 0.2) is 88.3 Å². The number of fused-ring (bicyclic) bond motifs is 1. The smallest absolute Gasteiger partial charge is 0.278 e. The molecule has 0 radical (unpaired) electrons. The molecule has 0 aliphatic heterocycles. The van der Waals surface area contributed by atoms with Crippen LogP contribution in [-0.2, 0) is 10.0 Å². The van der Waals surface area contributed by atoms with Gasteiger partial charge in [-0.2, -0.15) is 0 Å². The number of aromatic nitrogens is 3. The summed E-state index contributed by atoms with van der Waals surface area (Å²) in [6.07, 6.45) is 4.63. The fourth-order valence-corrected chi connectivity index (χ4v) is 5.79. The number of carbonyl (C=O) groups excluding carboxylic acids is 2. The zero-order valence-electron chi connectivity index (χ0n) is 19.3. The van der Waals surface area contributed by atoms with Gasteiger partial charge in [-0.3, -0.25) is 14.2 Å². The van der Waals surface area contributed by atoms with Crippen molar-refractivity contribution in [2.75, 3.05) is 4.72 Å². The summed E-state index contributed by atoms with van der Waals surface area (Å²) in [5.41, 5.74) is 1.20. The number of sulfonamides is 1. The van der Waals surface area contributed by atoms with Crippen LogP contribution in [0.5, 0.6) is 0 Å². The van der Waals surface area contributed by atoms with E-state index in [0.29, 0.717) is 21.5 Å². The lowest BCUT2D eigenvalue weighted by Gasteiger charge is -2.11. The summed E-state index contributed by atoms with van der Waals surface area (Å²) in [5.74, 6) is -0.881. The number of carbonyl (C=O) groups is 2. The van der Waals surface area contributed by atoms with E-state index >= 15 is 0 Å². The Kier molecular flexibility index (Phi) is 6.70. The maximum absolute atomic E-state index is 13.5. The Morgan fingerprint density at radius 3 is 2.57 bits per heavy atom. The predicted molar refractivity (Wildman–Crippen MR) is 144 cm³/mol. The second-order valence-corrected chi connectivity index (χ2v) is 11.5. The van der Waals surface area contributed by atoms with Crippen LogP contribution in [0, 0.1) is 6.92 Å². The van der Waals surface area contributed by atoms with E-state index in [1.165, 1.54) is 45.6 Å². The summed E-state index contributed by atoms with van der Waals surface area (Å²) in [7, 11) is -3.96. The highest BCUT2D eigenvalue weighted by molar-refractivity contribution is 7.92. The van der Waals surface area contributed by atoms with Crippen molar-refractivity contribution in [2.24, 2.45) is 0 Å². The molecule has 0 atom stereocenters. The number of thiophene rings is 2. The van der Waals surface area contributed by atoms with Crippen LogP contribution in [0.1, 0.15) is 25.0 Å². The highest BCUT2D eigenvalue weighted by atomic mass is 32.2. The van der Waals surface area contributed by atoms with Gasteiger partial charge in [-0.1, -0.05) is 12.1 Å². The summed E-state index contributed by atoms with van der Waals surface area (Å²) in [6.45, 7) is 1.73. The Morgan fingerprint density at radius 1 is 1.03 bits per heavy atom. The van der Waals surface area contributed by atoms with Gasteiger partial charge in [0, 0.05) is 28.4 Å². The molecule has 9 nitrogen and oxygen atoms in total. The lowest BCUT2D eigenvalue weighted by Crippen LogP contribution is -2.29. The SMILES string of the molecule is Cc1ccnc(NS(=O)(=O)c2ccc3c(ccn3C(=O)C(=Cc3cccs3)NC(=O)c3cccs3)c2)n1. The Bertz CT molecular complexity index is 1740. The molecule has 0 spiro atoms. The van der Waals surface area contributed by atoms with Crippen molar-refractivity contribution in [2.45, 2.75) is 11.8 Å². The highest BCUT2D eigenvalue weighted by Crippen LogP contribution is 2.23. The van der Waals surface area contributed by atoms with Gasteiger partial charge in [-0.05, 0) is 66.2 Å². The number of anilines is 1. The van der Waals surface area contributed by atoms with E-state index in [1.54, 1.807) is 54.9 Å². The Morgan fingerprint density at radius 2 is 1.84 bits per heavy atom. The molecule has 37 heavy (non-hydrogen) atoms. The molecule has 0 saturated carbocycles. The third-order valence-corrected chi connectivity index (χ3v) is 8.28. The molecular formula is C25H19N5O4S3. The highest BCUT2D eigenvalue weighted by Gasteiger charge is 2.21. The van der Waals surface area contributed by atoms with Crippen LogP contribution >= 0.6 is 22.7 Å². The summed E-state index contributed by atoms with van der Waals surface area (Å²) in [4.78, 5) is 35.6. The topological polar surface area (TPSA) is 123 Å². The molecule has 4 heterocycles.